The van der Waals surface area contributed by atoms with Crippen molar-refractivity contribution in [2.75, 3.05) is 26.2 Å². The van der Waals surface area contributed by atoms with Crippen molar-refractivity contribution in [1.82, 2.24) is 10.2 Å². The maximum atomic E-state index is 12.1. The summed E-state index contributed by atoms with van der Waals surface area (Å²) in [6.45, 7) is 6.18. The van der Waals surface area contributed by atoms with Crippen LogP contribution in [0.25, 0.3) is 0 Å². The average Bonchev–Trinajstić information content (AvgIpc) is 3.11. The molecule has 2 aliphatic rings. The average molecular weight is 261 g/mol. The fraction of sp³-hybridized carbons (Fsp3) is 0.923. The number of nitrogens with zero attached hydrogens (tertiary/aromatic N) is 1. The number of nitrogens with one attached hydrogen (secondary N) is 1. The van der Waals surface area contributed by atoms with E-state index in [1.54, 1.807) is 0 Å². The summed E-state index contributed by atoms with van der Waals surface area (Å²) in [5.41, 5.74) is 0. The van der Waals surface area contributed by atoms with Crippen LogP contribution in [0.2, 0.25) is 0 Å². The lowest BCUT2D eigenvalue weighted by Gasteiger charge is -2.26. The second-order valence-corrected chi connectivity index (χ2v) is 5.27. The summed E-state index contributed by atoms with van der Waals surface area (Å²) in [7, 11) is 0. The first-order valence-electron chi connectivity index (χ1n) is 6.78. The number of amides is 1. The first-order valence-corrected chi connectivity index (χ1v) is 6.78. The molecule has 0 radical (unpaired) electrons. The topological polar surface area (TPSA) is 32.3 Å². The third-order valence-electron chi connectivity index (χ3n) is 3.83. The van der Waals surface area contributed by atoms with Crippen molar-refractivity contribution in [2.24, 2.45) is 11.8 Å². The van der Waals surface area contributed by atoms with Gasteiger partial charge in [0.25, 0.3) is 0 Å². The molecule has 1 aliphatic carbocycles. The fourth-order valence-electron chi connectivity index (χ4n) is 2.48. The van der Waals surface area contributed by atoms with Gasteiger partial charge in [0.2, 0.25) is 5.91 Å². The summed E-state index contributed by atoms with van der Waals surface area (Å²) in [5, 5.41) is 3.35. The van der Waals surface area contributed by atoms with Gasteiger partial charge in [0.1, 0.15) is 0 Å². The van der Waals surface area contributed by atoms with Gasteiger partial charge in [-0.25, -0.2) is 0 Å². The molecule has 1 N–H and O–H groups in total. The molecule has 2 fully saturated rings. The molecule has 0 bridgehead atoms. The van der Waals surface area contributed by atoms with Crippen LogP contribution in [0.3, 0.4) is 0 Å². The number of carbonyl (C=O) groups is 1. The molecule has 3 nitrogen and oxygen atoms in total. The lowest BCUT2D eigenvalue weighted by Crippen LogP contribution is -2.36. The van der Waals surface area contributed by atoms with E-state index >= 15 is 0 Å². The van der Waals surface area contributed by atoms with E-state index in [0.29, 0.717) is 11.8 Å². The van der Waals surface area contributed by atoms with Crippen molar-refractivity contribution < 1.29 is 4.79 Å². The number of hydrogen-bond acceptors (Lipinski definition) is 2. The molecular formula is C13H25ClN2O. The Kier molecular flexibility index (Phi) is 6.28. The SMILES string of the molecule is CCN(CC1CC1)C(=O)CC1CCNCC1.Cl. The van der Waals surface area contributed by atoms with Crippen molar-refractivity contribution in [2.45, 2.75) is 39.0 Å². The molecule has 0 aromatic rings. The van der Waals surface area contributed by atoms with Gasteiger partial charge in [0.15, 0.2) is 0 Å². The molecule has 2 rings (SSSR count). The van der Waals surface area contributed by atoms with Gasteiger partial charge >= 0.3 is 0 Å². The Morgan fingerprint density at radius 1 is 1.18 bits per heavy atom. The second kappa shape index (κ2) is 7.22. The Morgan fingerprint density at radius 3 is 2.35 bits per heavy atom. The fourth-order valence-corrected chi connectivity index (χ4v) is 2.48. The maximum Gasteiger partial charge on any atom is 0.222 e. The van der Waals surface area contributed by atoms with E-state index in [1.807, 2.05) is 0 Å². The predicted octanol–water partition coefficient (Wildman–Crippen LogP) is 2.06. The van der Waals surface area contributed by atoms with Gasteiger partial charge in [-0.15, -0.1) is 12.4 Å². The molecule has 1 saturated heterocycles. The first-order chi connectivity index (χ1) is 7.79. The highest BCUT2D eigenvalue weighted by atomic mass is 35.5. The van der Waals surface area contributed by atoms with Crippen molar-refractivity contribution >= 4 is 18.3 Å². The van der Waals surface area contributed by atoms with Crippen molar-refractivity contribution in [3.8, 4) is 0 Å². The molecule has 0 spiro atoms. The Bertz CT molecular complexity index is 238. The molecule has 0 aromatic carbocycles. The maximum absolute atomic E-state index is 12.1. The molecule has 0 atom stereocenters. The van der Waals surface area contributed by atoms with Gasteiger partial charge in [0, 0.05) is 19.5 Å². The van der Waals surface area contributed by atoms with Gasteiger partial charge in [-0.1, -0.05) is 0 Å². The molecule has 4 heteroatoms. The highest BCUT2D eigenvalue weighted by Crippen LogP contribution is 2.30. The number of rotatable bonds is 5. The van der Waals surface area contributed by atoms with Gasteiger partial charge in [-0.2, -0.15) is 0 Å². The quantitative estimate of drug-likeness (QED) is 0.821. The highest BCUT2D eigenvalue weighted by Gasteiger charge is 2.27. The summed E-state index contributed by atoms with van der Waals surface area (Å²) in [4.78, 5) is 14.2. The second-order valence-electron chi connectivity index (χ2n) is 5.27. The Hall–Kier alpha value is -0.280. The predicted molar refractivity (Wildman–Crippen MR) is 72.4 cm³/mol. The summed E-state index contributed by atoms with van der Waals surface area (Å²) in [5.74, 6) is 1.83. The third-order valence-corrected chi connectivity index (χ3v) is 3.83. The van der Waals surface area contributed by atoms with Crippen LogP contribution in [0.5, 0.6) is 0 Å². The van der Waals surface area contributed by atoms with Crippen molar-refractivity contribution in [3.63, 3.8) is 0 Å². The smallest absolute Gasteiger partial charge is 0.222 e. The van der Waals surface area contributed by atoms with Crippen LogP contribution >= 0.6 is 12.4 Å². The molecule has 0 unspecified atom stereocenters. The normalized spacial score (nSPS) is 20.8. The lowest BCUT2D eigenvalue weighted by molar-refractivity contribution is -0.132. The van der Waals surface area contributed by atoms with Gasteiger partial charge < -0.3 is 10.2 Å². The van der Waals surface area contributed by atoms with E-state index in [2.05, 4.69) is 17.1 Å². The van der Waals surface area contributed by atoms with Crippen molar-refractivity contribution in [3.05, 3.63) is 0 Å². The van der Waals surface area contributed by atoms with Crippen LogP contribution in [0, 0.1) is 11.8 Å². The minimum absolute atomic E-state index is 0. The summed E-state index contributed by atoms with van der Waals surface area (Å²) in [6.07, 6.45) is 5.79. The van der Waals surface area contributed by atoms with Crippen LogP contribution in [-0.2, 0) is 4.79 Å². The van der Waals surface area contributed by atoms with E-state index in [0.717, 1.165) is 38.5 Å². The minimum Gasteiger partial charge on any atom is -0.343 e. The molecule has 17 heavy (non-hydrogen) atoms. The summed E-state index contributed by atoms with van der Waals surface area (Å²) >= 11 is 0. The minimum atomic E-state index is 0. The number of halogens is 1. The van der Waals surface area contributed by atoms with E-state index in [-0.39, 0.29) is 12.4 Å². The van der Waals surface area contributed by atoms with E-state index in [1.165, 1.54) is 25.7 Å². The van der Waals surface area contributed by atoms with Gasteiger partial charge in [-0.05, 0) is 57.5 Å². The first kappa shape index (κ1) is 14.8. The van der Waals surface area contributed by atoms with Crippen LogP contribution in [0.1, 0.15) is 39.0 Å². The van der Waals surface area contributed by atoms with Crippen LogP contribution in [0.4, 0.5) is 0 Å². The number of carbonyl (C=O) groups excluding carboxylic acids is 1. The molecule has 0 aromatic heterocycles. The van der Waals surface area contributed by atoms with E-state index in [4.69, 9.17) is 0 Å². The van der Waals surface area contributed by atoms with E-state index in [9.17, 15) is 4.79 Å². The third kappa shape index (κ3) is 4.84. The van der Waals surface area contributed by atoms with E-state index < -0.39 is 0 Å². The molecule has 1 amide bonds. The van der Waals surface area contributed by atoms with Gasteiger partial charge in [0.05, 0.1) is 0 Å². The highest BCUT2D eigenvalue weighted by molar-refractivity contribution is 5.85. The number of piperidine rings is 1. The Balaban J connectivity index is 0.00000144. The van der Waals surface area contributed by atoms with Gasteiger partial charge in [-0.3, -0.25) is 4.79 Å². The van der Waals surface area contributed by atoms with Crippen molar-refractivity contribution in [1.29, 1.82) is 0 Å². The summed E-state index contributed by atoms with van der Waals surface area (Å²) in [6, 6.07) is 0. The number of hydrogen-bond donors (Lipinski definition) is 1. The van der Waals surface area contributed by atoms with Crippen LogP contribution < -0.4 is 5.32 Å². The Morgan fingerprint density at radius 2 is 1.82 bits per heavy atom. The molecular weight excluding hydrogens is 236 g/mol. The lowest BCUT2D eigenvalue weighted by atomic mass is 9.94. The molecule has 100 valence electrons. The zero-order chi connectivity index (χ0) is 11.4. The standard InChI is InChI=1S/C13H24N2O.ClH/c1-2-15(10-12-3-4-12)13(16)9-11-5-7-14-8-6-11;/h11-12,14H,2-10H2,1H3;1H. The summed E-state index contributed by atoms with van der Waals surface area (Å²) < 4.78 is 0. The zero-order valence-electron chi connectivity index (χ0n) is 10.8. The monoisotopic (exact) mass is 260 g/mol. The largest absolute Gasteiger partial charge is 0.343 e. The zero-order valence-corrected chi connectivity index (χ0v) is 11.6. The molecule has 1 heterocycles. The molecule has 1 aliphatic heterocycles. The van der Waals surface area contributed by atoms with Crippen LogP contribution in [0.15, 0.2) is 0 Å². The van der Waals surface area contributed by atoms with Crippen LogP contribution in [-0.4, -0.2) is 37.0 Å². The Labute approximate surface area is 111 Å². The molecule has 1 saturated carbocycles.